The minimum absolute atomic E-state index is 0.0245. The highest BCUT2D eigenvalue weighted by atomic mass is 35.5. The number of hydrogen-bond acceptors (Lipinski definition) is 10. The van der Waals surface area contributed by atoms with Crippen LogP contribution in [0.1, 0.15) is 46.0 Å². The zero-order valence-electron chi connectivity index (χ0n) is 27.6. The molecule has 6 aromatic rings. The van der Waals surface area contributed by atoms with E-state index in [-0.39, 0.29) is 80.6 Å². The number of benzene rings is 2. The molecule has 6 rings (SSSR count). The first-order chi connectivity index (χ1) is 25.3. The van der Waals surface area contributed by atoms with E-state index < -0.39 is 29.3 Å². The van der Waals surface area contributed by atoms with Crippen LogP contribution in [0.3, 0.4) is 0 Å². The van der Waals surface area contributed by atoms with Crippen LogP contribution in [0, 0.1) is 0 Å². The maximum atomic E-state index is 14.0. The van der Waals surface area contributed by atoms with Crippen LogP contribution in [0.2, 0.25) is 20.4 Å². The molecule has 19 heteroatoms. The zero-order valence-corrected chi connectivity index (χ0v) is 30.6. The number of aromatic nitrogens is 7. The van der Waals surface area contributed by atoms with E-state index in [1.165, 1.54) is 52.0 Å². The van der Waals surface area contributed by atoms with Gasteiger partial charge in [-0.1, -0.05) is 63.7 Å². The number of carbonyl (C=O) groups excluding carboxylic acids is 4. The number of ether oxygens (including phenoxy) is 2. The number of halogens is 4. The summed E-state index contributed by atoms with van der Waals surface area (Å²) in [6.45, 7) is 3.65. The Morgan fingerprint density at radius 1 is 0.811 bits per heavy atom. The molecular formula is C34H27Cl4N7O8. The number of nitrogens with one attached hydrogen (secondary N) is 2. The van der Waals surface area contributed by atoms with Gasteiger partial charge in [0.15, 0.2) is 0 Å². The largest absolute Gasteiger partial charge is 0.507 e. The van der Waals surface area contributed by atoms with Crippen LogP contribution in [-0.4, -0.2) is 81.3 Å². The van der Waals surface area contributed by atoms with Gasteiger partial charge >= 0.3 is 11.9 Å². The molecule has 0 fully saturated rings. The number of aromatic amines is 2. The number of rotatable bonds is 13. The van der Waals surface area contributed by atoms with Crippen molar-refractivity contribution in [3.8, 4) is 39.7 Å². The Morgan fingerprint density at radius 3 is 2.06 bits per heavy atom. The normalized spacial score (nSPS) is 11.2. The Bertz CT molecular complexity index is 2390. The van der Waals surface area contributed by atoms with E-state index in [1.807, 2.05) is 0 Å². The van der Waals surface area contributed by atoms with Gasteiger partial charge in [-0.15, -0.1) is 5.10 Å². The number of esters is 2. The number of phenols is 2. The molecule has 0 aliphatic heterocycles. The standard InChI is InChI=1S/C34H27Cl4N7O8/c1-3-52-26(48)14-43-13-22(41-43)17-6-7-18(24(46)10-17)31(50)23-11-20(35)34(38)45(23)30-28(36)33(37)39-29(30)32(51)19-8-5-16(9-25(19)47)21-12-44(42-40-21)15-27(49)53-4-2/h5-13,39,41,46-47H,3-4,14-15H2,1-2H3. The second-order valence-corrected chi connectivity index (χ2v) is 12.8. The second kappa shape index (κ2) is 15.2. The lowest BCUT2D eigenvalue weighted by Gasteiger charge is -2.16. The molecule has 0 atom stereocenters. The Kier molecular flexibility index (Phi) is 10.7. The van der Waals surface area contributed by atoms with E-state index in [9.17, 15) is 29.4 Å². The third-order valence-corrected chi connectivity index (χ3v) is 9.34. The van der Waals surface area contributed by atoms with E-state index in [1.54, 1.807) is 26.1 Å². The molecule has 0 radical (unpaired) electrons. The summed E-state index contributed by atoms with van der Waals surface area (Å²) in [4.78, 5) is 54.2. The monoisotopic (exact) mass is 801 g/mol. The van der Waals surface area contributed by atoms with Crippen LogP contribution < -0.4 is 0 Å². The molecule has 4 heterocycles. The fraction of sp³-hybridized carbons (Fsp3) is 0.176. The van der Waals surface area contributed by atoms with Crippen LogP contribution in [0.4, 0.5) is 0 Å². The highest BCUT2D eigenvalue weighted by Crippen LogP contribution is 2.41. The predicted molar refractivity (Wildman–Crippen MR) is 193 cm³/mol. The van der Waals surface area contributed by atoms with Crippen molar-refractivity contribution in [3.63, 3.8) is 0 Å². The first-order valence-corrected chi connectivity index (χ1v) is 17.2. The molecule has 2 aromatic carbocycles. The van der Waals surface area contributed by atoms with Gasteiger partial charge in [0.2, 0.25) is 11.6 Å². The van der Waals surface area contributed by atoms with Crippen LogP contribution >= 0.6 is 46.4 Å². The third kappa shape index (κ3) is 7.41. The lowest BCUT2D eigenvalue weighted by atomic mass is 10.0. The second-order valence-electron chi connectivity index (χ2n) is 11.3. The Morgan fingerprint density at radius 2 is 1.42 bits per heavy atom. The smallest absolute Gasteiger partial charge is 0.327 e. The molecule has 0 aliphatic rings. The van der Waals surface area contributed by atoms with Crippen molar-refractivity contribution in [2.75, 3.05) is 13.2 Å². The summed E-state index contributed by atoms with van der Waals surface area (Å²) in [6.07, 6.45) is 3.11. The van der Waals surface area contributed by atoms with Gasteiger partial charge in [-0.25, -0.2) is 4.68 Å². The SMILES string of the molecule is CCOC(=O)Cn1cc(-c2ccc(C(=O)c3[nH]c(Cl)c(Cl)c3-n3c(C(=O)c4ccc(-c5cn(CC(=O)OCC)[nH]5)cc4O)cc(Cl)c3Cl)c(O)c2)nn1. The van der Waals surface area contributed by atoms with Gasteiger partial charge in [-0.3, -0.25) is 33.5 Å². The summed E-state index contributed by atoms with van der Waals surface area (Å²) >= 11 is 26.0. The lowest BCUT2D eigenvalue weighted by Crippen LogP contribution is -2.19. The van der Waals surface area contributed by atoms with E-state index in [0.717, 1.165) is 4.57 Å². The van der Waals surface area contributed by atoms with Gasteiger partial charge in [-0.2, -0.15) is 0 Å². The molecule has 4 aromatic heterocycles. The summed E-state index contributed by atoms with van der Waals surface area (Å²) in [5.41, 5.74) is 0.894. The molecule has 0 saturated carbocycles. The molecule has 15 nitrogen and oxygen atoms in total. The van der Waals surface area contributed by atoms with Crippen molar-refractivity contribution in [2.24, 2.45) is 0 Å². The molecule has 0 bridgehead atoms. The molecule has 4 N–H and O–H groups in total. The summed E-state index contributed by atoms with van der Waals surface area (Å²) in [6, 6.07) is 9.68. The van der Waals surface area contributed by atoms with Crippen LogP contribution in [0.25, 0.3) is 28.2 Å². The van der Waals surface area contributed by atoms with Crippen molar-refractivity contribution in [2.45, 2.75) is 26.9 Å². The van der Waals surface area contributed by atoms with Gasteiger partial charge in [0.25, 0.3) is 0 Å². The average Bonchev–Trinajstić information content (AvgIpc) is 3.77. The fourth-order valence-corrected chi connectivity index (χ4v) is 6.25. The van der Waals surface area contributed by atoms with Gasteiger partial charge in [0.1, 0.15) is 51.3 Å². The highest BCUT2D eigenvalue weighted by Gasteiger charge is 2.31. The summed E-state index contributed by atoms with van der Waals surface area (Å²) in [7, 11) is 0. The van der Waals surface area contributed by atoms with Crippen molar-refractivity contribution in [1.29, 1.82) is 0 Å². The number of aromatic hydroxyl groups is 2. The molecule has 0 spiro atoms. The van der Waals surface area contributed by atoms with Crippen molar-refractivity contribution >= 4 is 69.9 Å². The highest BCUT2D eigenvalue weighted by molar-refractivity contribution is 6.45. The van der Waals surface area contributed by atoms with E-state index in [2.05, 4.69) is 20.4 Å². The van der Waals surface area contributed by atoms with Crippen LogP contribution in [-0.2, 0) is 32.2 Å². The van der Waals surface area contributed by atoms with Crippen molar-refractivity contribution < 1.29 is 38.9 Å². The number of nitrogens with zero attached hydrogens (tertiary/aromatic N) is 5. The van der Waals surface area contributed by atoms with Gasteiger partial charge in [0.05, 0.1) is 52.6 Å². The number of phenolic OH excluding ortho intramolecular Hbond substituents is 2. The molecule has 53 heavy (non-hydrogen) atoms. The van der Waals surface area contributed by atoms with Gasteiger partial charge in [-0.05, 0) is 44.2 Å². The minimum Gasteiger partial charge on any atom is -0.507 e. The van der Waals surface area contributed by atoms with Crippen molar-refractivity contribution in [1.82, 2.24) is 34.3 Å². The molecule has 0 unspecified atom stereocenters. The minimum atomic E-state index is -0.784. The summed E-state index contributed by atoms with van der Waals surface area (Å²) < 4.78 is 13.7. The number of hydrogen-bond donors (Lipinski definition) is 4. The van der Waals surface area contributed by atoms with Crippen LogP contribution in [0.5, 0.6) is 11.5 Å². The molecule has 0 saturated heterocycles. The molecular weight excluding hydrogens is 776 g/mol. The van der Waals surface area contributed by atoms with E-state index >= 15 is 0 Å². The fourth-order valence-electron chi connectivity index (χ4n) is 5.42. The Hall–Kier alpha value is -5.48. The third-order valence-electron chi connectivity index (χ3n) is 7.83. The van der Waals surface area contributed by atoms with Gasteiger partial charge in [0, 0.05) is 17.3 Å². The van der Waals surface area contributed by atoms with E-state index in [4.69, 9.17) is 55.9 Å². The molecule has 0 aliphatic carbocycles. The molecule has 274 valence electrons. The molecule has 0 amide bonds. The Labute approximate surface area is 319 Å². The topological polar surface area (TPSA) is 199 Å². The van der Waals surface area contributed by atoms with Crippen LogP contribution in [0.15, 0.2) is 54.9 Å². The zero-order chi connectivity index (χ0) is 38.1. The number of carbonyl (C=O) groups is 4. The number of H-pyrrole nitrogens is 2. The quantitative estimate of drug-likeness (QED) is 0.0741. The Balaban J connectivity index is 1.30. The van der Waals surface area contributed by atoms with Gasteiger partial charge < -0.3 is 24.7 Å². The maximum absolute atomic E-state index is 14.0. The first-order valence-electron chi connectivity index (χ1n) is 15.7. The average molecular weight is 803 g/mol. The van der Waals surface area contributed by atoms with E-state index in [0.29, 0.717) is 22.5 Å². The first kappa shape index (κ1) is 37.3. The maximum Gasteiger partial charge on any atom is 0.327 e. The summed E-state index contributed by atoms with van der Waals surface area (Å²) in [5.74, 6) is -3.28. The number of ketones is 2. The van der Waals surface area contributed by atoms with Crippen molar-refractivity contribution in [3.05, 3.63) is 97.7 Å². The lowest BCUT2D eigenvalue weighted by molar-refractivity contribution is -0.145. The summed E-state index contributed by atoms with van der Waals surface area (Å²) in [5, 5.41) is 32.2. The predicted octanol–water partition coefficient (Wildman–Crippen LogP) is 6.47.